The van der Waals surface area contributed by atoms with Gasteiger partial charge in [0.2, 0.25) is 0 Å². The maximum atomic E-state index is 12.6. The monoisotopic (exact) mass is 293 g/mol. The van der Waals surface area contributed by atoms with Crippen LogP contribution in [0.25, 0.3) is 0 Å². The fourth-order valence-electron chi connectivity index (χ4n) is 2.45. The van der Waals surface area contributed by atoms with Gasteiger partial charge in [-0.1, -0.05) is 6.92 Å². The summed E-state index contributed by atoms with van der Waals surface area (Å²) in [6, 6.07) is 4.45. The minimum Gasteiger partial charge on any atom is -0.383 e. The number of ether oxygens (including phenoxy) is 1. The highest BCUT2D eigenvalue weighted by Gasteiger charge is 2.27. The molecule has 7 heteroatoms. The second-order valence-corrected chi connectivity index (χ2v) is 4.87. The number of morpholine rings is 1. The molecule has 0 saturated carbocycles. The fourth-order valence-corrected chi connectivity index (χ4v) is 2.45. The van der Waals surface area contributed by atoms with Gasteiger partial charge in [-0.2, -0.15) is 0 Å². The summed E-state index contributed by atoms with van der Waals surface area (Å²) in [5, 5.41) is 13.7. The average Bonchev–Trinajstić information content (AvgIpc) is 2.53. The minimum absolute atomic E-state index is 0.0388. The van der Waals surface area contributed by atoms with Crippen LogP contribution in [-0.4, -0.2) is 48.6 Å². The Bertz CT molecular complexity index is 547. The van der Waals surface area contributed by atoms with E-state index in [1.54, 1.807) is 11.9 Å². The molecule has 2 rings (SSSR count). The maximum absolute atomic E-state index is 12.6. The Morgan fingerprint density at radius 3 is 2.95 bits per heavy atom. The van der Waals surface area contributed by atoms with Gasteiger partial charge in [0.05, 0.1) is 24.2 Å². The molecule has 0 spiro atoms. The molecule has 1 fully saturated rings. The molecule has 1 amide bonds. The van der Waals surface area contributed by atoms with Crippen LogP contribution in [0.5, 0.6) is 0 Å². The largest absolute Gasteiger partial charge is 0.383 e. The number of hydrogen-bond donors (Lipinski definition) is 1. The summed E-state index contributed by atoms with van der Waals surface area (Å²) < 4.78 is 5.39. The molecule has 0 bridgehead atoms. The highest BCUT2D eigenvalue weighted by atomic mass is 16.6. The first-order valence-electron chi connectivity index (χ1n) is 6.93. The number of amides is 1. The molecule has 1 atom stereocenters. The number of nitrogens with one attached hydrogen (secondary N) is 1. The number of nitrogens with zero attached hydrogens (tertiary/aromatic N) is 2. The van der Waals surface area contributed by atoms with E-state index in [0.29, 0.717) is 31.0 Å². The van der Waals surface area contributed by atoms with E-state index in [4.69, 9.17) is 4.74 Å². The van der Waals surface area contributed by atoms with Gasteiger partial charge in [0, 0.05) is 25.2 Å². The van der Waals surface area contributed by atoms with Crippen molar-refractivity contribution in [1.82, 2.24) is 4.90 Å². The molecule has 0 radical (unpaired) electrons. The molecule has 7 nitrogen and oxygen atoms in total. The molecule has 1 aromatic rings. The van der Waals surface area contributed by atoms with E-state index in [1.165, 1.54) is 18.2 Å². The summed E-state index contributed by atoms with van der Waals surface area (Å²) in [5.74, 6) is -0.114. The van der Waals surface area contributed by atoms with Crippen LogP contribution in [0.1, 0.15) is 23.7 Å². The number of nitro groups is 1. The van der Waals surface area contributed by atoms with Gasteiger partial charge < -0.3 is 15.0 Å². The molecule has 1 aliphatic rings. The predicted molar refractivity (Wildman–Crippen MR) is 78.6 cm³/mol. The topological polar surface area (TPSA) is 84.7 Å². The van der Waals surface area contributed by atoms with Crippen molar-refractivity contribution >= 4 is 17.3 Å². The summed E-state index contributed by atoms with van der Waals surface area (Å²) in [6.07, 6.45) is 0.817. The molecule has 1 N–H and O–H groups in total. The minimum atomic E-state index is -0.469. The molecule has 1 aromatic carbocycles. The lowest BCUT2D eigenvalue weighted by Gasteiger charge is -2.35. The van der Waals surface area contributed by atoms with Gasteiger partial charge >= 0.3 is 0 Å². The Hall–Kier alpha value is -2.15. The van der Waals surface area contributed by atoms with E-state index in [2.05, 4.69) is 5.32 Å². The zero-order valence-electron chi connectivity index (χ0n) is 12.2. The number of carbonyl (C=O) groups is 1. The van der Waals surface area contributed by atoms with Crippen molar-refractivity contribution in [2.24, 2.45) is 0 Å². The SMILES string of the molecule is CCC1COCCN1C(=O)c1ccc([N+](=O)[O-])c(NC)c1. The summed E-state index contributed by atoms with van der Waals surface area (Å²) in [4.78, 5) is 24.8. The highest BCUT2D eigenvalue weighted by molar-refractivity contribution is 5.96. The van der Waals surface area contributed by atoms with Gasteiger partial charge in [0.1, 0.15) is 5.69 Å². The molecule has 21 heavy (non-hydrogen) atoms. The molecule has 0 aliphatic carbocycles. The van der Waals surface area contributed by atoms with Crippen molar-refractivity contribution in [3.8, 4) is 0 Å². The standard InChI is InChI=1S/C14H19N3O4/c1-3-11-9-21-7-6-16(11)14(18)10-4-5-13(17(19)20)12(8-10)15-2/h4-5,8,11,15H,3,6-7,9H2,1-2H3. The van der Waals surface area contributed by atoms with Gasteiger partial charge in [0.25, 0.3) is 11.6 Å². The third-order valence-corrected chi connectivity index (χ3v) is 3.67. The van der Waals surface area contributed by atoms with Gasteiger partial charge in [-0.25, -0.2) is 0 Å². The molecular formula is C14H19N3O4. The van der Waals surface area contributed by atoms with Crippen LogP contribution >= 0.6 is 0 Å². The zero-order valence-corrected chi connectivity index (χ0v) is 12.2. The number of anilines is 1. The molecule has 114 valence electrons. The molecule has 1 heterocycles. The van der Waals surface area contributed by atoms with Crippen LogP contribution in [0.2, 0.25) is 0 Å². The quantitative estimate of drug-likeness (QED) is 0.677. The van der Waals surface area contributed by atoms with Gasteiger partial charge in [-0.05, 0) is 18.6 Å². The van der Waals surface area contributed by atoms with Crippen molar-refractivity contribution in [1.29, 1.82) is 0 Å². The van der Waals surface area contributed by atoms with Crippen LogP contribution in [0.3, 0.4) is 0 Å². The van der Waals surface area contributed by atoms with Crippen LogP contribution < -0.4 is 5.32 Å². The first-order valence-corrected chi connectivity index (χ1v) is 6.93. The molecule has 0 aromatic heterocycles. The van der Waals surface area contributed by atoms with Gasteiger partial charge in [0.15, 0.2) is 0 Å². The fraction of sp³-hybridized carbons (Fsp3) is 0.500. The third kappa shape index (κ3) is 3.13. The van der Waals surface area contributed by atoms with E-state index in [-0.39, 0.29) is 17.6 Å². The predicted octanol–water partition coefficient (Wildman–Crippen LogP) is 1.89. The summed E-state index contributed by atoms with van der Waals surface area (Å²) >= 11 is 0. The summed E-state index contributed by atoms with van der Waals surface area (Å²) in [6.45, 7) is 3.61. The van der Waals surface area contributed by atoms with Crippen molar-refractivity contribution < 1.29 is 14.5 Å². The van der Waals surface area contributed by atoms with E-state index in [0.717, 1.165) is 6.42 Å². The van der Waals surface area contributed by atoms with E-state index >= 15 is 0 Å². The Kier molecular flexibility index (Phi) is 4.74. The lowest BCUT2D eigenvalue weighted by atomic mass is 10.1. The highest BCUT2D eigenvalue weighted by Crippen LogP contribution is 2.26. The van der Waals surface area contributed by atoms with Crippen LogP contribution in [0.4, 0.5) is 11.4 Å². The Morgan fingerprint density at radius 2 is 2.33 bits per heavy atom. The van der Waals surface area contributed by atoms with Gasteiger partial charge in [-0.15, -0.1) is 0 Å². The summed E-state index contributed by atoms with van der Waals surface area (Å²) in [5.41, 5.74) is 0.750. The van der Waals surface area contributed by atoms with Crippen LogP contribution in [0, 0.1) is 10.1 Å². The molecular weight excluding hydrogens is 274 g/mol. The van der Waals surface area contributed by atoms with Crippen LogP contribution in [-0.2, 0) is 4.74 Å². The van der Waals surface area contributed by atoms with Crippen molar-refractivity contribution in [3.63, 3.8) is 0 Å². The smallest absolute Gasteiger partial charge is 0.292 e. The van der Waals surface area contributed by atoms with Gasteiger partial charge in [-0.3, -0.25) is 14.9 Å². The molecule has 1 unspecified atom stereocenters. The summed E-state index contributed by atoms with van der Waals surface area (Å²) in [7, 11) is 1.60. The first-order chi connectivity index (χ1) is 10.1. The lowest BCUT2D eigenvalue weighted by molar-refractivity contribution is -0.383. The lowest BCUT2D eigenvalue weighted by Crippen LogP contribution is -2.48. The van der Waals surface area contributed by atoms with Crippen molar-refractivity contribution in [2.45, 2.75) is 19.4 Å². The Morgan fingerprint density at radius 1 is 1.57 bits per heavy atom. The Labute approximate surface area is 123 Å². The van der Waals surface area contributed by atoms with E-state index in [1.807, 2.05) is 6.92 Å². The Balaban J connectivity index is 2.28. The number of benzene rings is 1. The van der Waals surface area contributed by atoms with E-state index < -0.39 is 4.92 Å². The maximum Gasteiger partial charge on any atom is 0.292 e. The number of carbonyl (C=O) groups excluding carboxylic acids is 1. The van der Waals surface area contributed by atoms with Crippen molar-refractivity contribution in [2.75, 3.05) is 32.1 Å². The third-order valence-electron chi connectivity index (χ3n) is 3.67. The molecule has 1 saturated heterocycles. The van der Waals surface area contributed by atoms with Crippen molar-refractivity contribution in [3.05, 3.63) is 33.9 Å². The zero-order chi connectivity index (χ0) is 15.4. The average molecular weight is 293 g/mol. The number of nitro benzene ring substituents is 1. The normalized spacial score (nSPS) is 18.4. The number of hydrogen-bond acceptors (Lipinski definition) is 5. The second kappa shape index (κ2) is 6.53. The number of rotatable bonds is 4. The first kappa shape index (κ1) is 15.2. The van der Waals surface area contributed by atoms with E-state index in [9.17, 15) is 14.9 Å². The second-order valence-electron chi connectivity index (χ2n) is 4.87. The molecule has 1 aliphatic heterocycles. The van der Waals surface area contributed by atoms with Crippen LogP contribution in [0.15, 0.2) is 18.2 Å².